The quantitative estimate of drug-likeness (QED) is 0.788. The lowest BCUT2D eigenvalue weighted by molar-refractivity contribution is -0.156. The van der Waals surface area contributed by atoms with Gasteiger partial charge in [-0.25, -0.2) is 0 Å². The molecular formula is C14H28N2O2. The van der Waals surface area contributed by atoms with Crippen LogP contribution in [0.4, 0.5) is 0 Å². The van der Waals surface area contributed by atoms with Crippen LogP contribution >= 0.6 is 0 Å². The third-order valence-corrected chi connectivity index (χ3v) is 4.05. The first kappa shape index (κ1) is 15.4. The zero-order chi connectivity index (χ0) is 13.6. The van der Waals surface area contributed by atoms with E-state index in [1.807, 2.05) is 18.7 Å². The van der Waals surface area contributed by atoms with Crippen molar-refractivity contribution in [2.45, 2.75) is 58.1 Å². The Morgan fingerprint density at radius 2 is 2.00 bits per heavy atom. The molecule has 1 unspecified atom stereocenters. The van der Waals surface area contributed by atoms with Gasteiger partial charge in [0.05, 0.1) is 0 Å². The summed E-state index contributed by atoms with van der Waals surface area (Å²) >= 11 is 0. The second-order valence-electron chi connectivity index (χ2n) is 5.27. The maximum absolute atomic E-state index is 12.7. The Kier molecular flexibility index (Phi) is 6.09. The molecule has 1 amide bonds. The zero-order valence-electron chi connectivity index (χ0n) is 12.3. The molecule has 18 heavy (non-hydrogen) atoms. The van der Waals surface area contributed by atoms with Crippen LogP contribution in [-0.4, -0.2) is 49.2 Å². The molecule has 0 aromatic carbocycles. The molecule has 0 saturated carbocycles. The lowest BCUT2D eigenvalue weighted by Gasteiger charge is -2.39. The van der Waals surface area contributed by atoms with E-state index in [0.717, 1.165) is 38.9 Å². The summed E-state index contributed by atoms with van der Waals surface area (Å²) in [6.45, 7) is 8.88. The Hall–Kier alpha value is -0.610. The van der Waals surface area contributed by atoms with Gasteiger partial charge >= 0.3 is 0 Å². The highest BCUT2D eigenvalue weighted by atomic mass is 16.5. The summed E-state index contributed by atoms with van der Waals surface area (Å²) in [5, 5.41) is 3.35. The molecule has 4 nitrogen and oxygen atoms in total. The van der Waals surface area contributed by atoms with Crippen LogP contribution in [0.5, 0.6) is 0 Å². The summed E-state index contributed by atoms with van der Waals surface area (Å²) in [5.41, 5.74) is -0.667. The number of carbonyl (C=O) groups excluding carboxylic acids is 1. The van der Waals surface area contributed by atoms with Crippen molar-refractivity contribution in [2.75, 3.05) is 26.7 Å². The number of rotatable bonds is 6. The fraction of sp³-hybridized carbons (Fsp3) is 0.929. The molecule has 0 bridgehead atoms. The molecule has 1 saturated heterocycles. The highest BCUT2D eigenvalue weighted by molar-refractivity contribution is 5.85. The van der Waals surface area contributed by atoms with Crippen LogP contribution in [0.15, 0.2) is 0 Å². The third-order valence-electron chi connectivity index (χ3n) is 4.05. The predicted octanol–water partition coefficient (Wildman–Crippen LogP) is 1.79. The molecule has 1 atom stereocenters. The van der Waals surface area contributed by atoms with E-state index in [9.17, 15) is 4.79 Å². The first-order chi connectivity index (χ1) is 8.59. The van der Waals surface area contributed by atoms with E-state index in [4.69, 9.17) is 4.74 Å². The van der Waals surface area contributed by atoms with Gasteiger partial charge in [0.1, 0.15) is 5.60 Å². The smallest absolute Gasteiger partial charge is 0.254 e. The number of nitrogens with zero attached hydrogens (tertiary/aromatic N) is 1. The van der Waals surface area contributed by atoms with Crippen molar-refractivity contribution in [3.63, 3.8) is 0 Å². The molecule has 0 spiro atoms. The first-order valence-electron chi connectivity index (χ1n) is 7.16. The Bertz CT molecular complexity index is 259. The molecule has 1 aliphatic rings. The molecule has 1 aliphatic heterocycles. The molecule has 0 radical (unpaired) electrons. The average Bonchev–Trinajstić information content (AvgIpc) is 2.44. The van der Waals surface area contributed by atoms with Gasteiger partial charge in [0.2, 0.25) is 0 Å². The summed E-state index contributed by atoms with van der Waals surface area (Å²) in [6.07, 6.45) is 3.82. The number of amides is 1. The molecule has 1 heterocycles. The fourth-order valence-corrected chi connectivity index (χ4v) is 2.50. The molecule has 0 aromatic heterocycles. The highest BCUT2D eigenvalue weighted by Gasteiger charge is 2.37. The van der Waals surface area contributed by atoms with Gasteiger partial charge in [-0.05, 0) is 45.7 Å². The minimum absolute atomic E-state index is 0.154. The molecule has 1 rings (SSSR count). The predicted molar refractivity (Wildman–Crippen MR) is 73.6 cm³/mol. The number of carbonyl (C=O) groups is 1. The largest absolute Gasteiger partial charge is 0.369 e. The highest BCUT2D eigenvalue weighted by Crippen LogP contribution is 2.22. The number of piperidine rings is 1. The van der Waals surface area contributed by atoms with Crippen LogP contribution in [-0.2, 0) is 9.53 Å². The molecular weight excluding hydrogens is 228 g/mol. The van der Waals surface area contributed by atoms with E-state index < -0.39 is 5.60 Å². The van der Waals surface area contributed by atoms with Crippen LogP contribution in [0, 0.1) is 0 Å². The van der Waals surface area contributed by atoms with E-state index in [2.05, 4.69) is 12.2 Å². The van der Waals surface area contributed by atoms with Gasteiger partial charge in [-0.15, -0.1) is 0 Å². The number of ether oxygens (including phenoxy) is 1. The lowest BCUT2D eigenvalue weighted by atomic mass is 9.97. The minimum Gasteiger partial charge on any atom is -0.369 e. The van der Waals surface area contributed by atoms with E-state index in [-0.39, 0.29) is 5.91 Å². The first-order valence-corrected chi connectivity index (χ1v) is 7.16. The van der Waals surface area contributed by atoms with E-state index >= 15 is 0 Å². The second-order valence-corrected chi connectivity index (χ2v) is 5.27. The van der Waals surface area contributed by atoms with Gasteiger partial charge in [-0.1, -0.05) is 13.8 Å². The van der Waals surface area contributed by atoms with Crippen LogP contribution < -0.4 is 5.32 Å². The normalized spacial score (nSPS) is 20.4. The third kappa shape index (κ3) is 3.45. The van der Waals surface area contributed by atoms with Gasteiger partial charge in [-0.2, -0.15) is 0 Å². The van der Waals surface area contributed by atoms with E-state index in [0.29, 0.717) is 12.5 Å². The standard InChI is InChI=1S/C14H28N2O2/c1-5-11-16(12-7-9-15-10-8-12)13(17)14(3,6-2)18-4/h12,15H,5-11H2,1-4H3. The lowest BCUT2D eigenvalue weighted by Crippen LogP contribution is -2.54. The molecule has 1 fully saturated rings. The topological polar surface area (TPSA) is 41.6 Å². The van der Waals surface area contributed by atoms with Crippen molar-refractivity contribution in [1.29, 1.82) is 0 Å². The van der Waals surface area contributed by atoms with Gasteiger partial charge in [0, 0.05) is 19.7 Å². The monoisotopic (exact) mass is 256 g/mol. The summed E-state index contributed by atoms with van der Waals surface area (Å²) in [7, 11) is 1.63. The zero-order valence-corrected chi connectivity index (χ0v) is 12.3. The summed E-state index contributed by atoms with van der Waals surface area (Å²) in [6, 6.07) is 0.375. The van der Waals surface area contributed by atoms with Gasteiger partial charge in [-0.3, -0.25) is 4.79 Å². The van der Waals surface area contributed by atoms with E-state index in [1.54, 1.807) is 7.11 Å². The Morgan fingerprint density at radius 1 is 1.39 bits per heavy atom. The number of hydrogen-bond acceptors (Lipinski definition) is 3. The molecule has 1 N–H and O–H groups in total. The molecule has 4 heteroatoms. The summed E-state index contributed by atoms with van der Waals surface area (Å²) in [5.74, 6) is 0.154. The SMILES string of the molecule is CCCN(C(=O)C(C)(CC)OC)C1CCNCC1. The Morgan fingerprint density at radius 3 is 2.44 bits per heavy atom. The van der Waals surface area contributed by atoms with Crippen molar-refractivity contribution in [3.05, 3.63) is 0 Å². The number of nitrogens with one attached hydrogen (secondary N) is 1. The van der Waals surface area contributed by atoms with Crippen molar-refractivity contribution in [3.8, 4) is 0 Å². The van der Waals surface area contributed by atoms with Crippen molar-refractivity contribution >= 4 is 5.91 Å². The molecule has 0 aliphatic carbocycles. The van der Waals surface area contributed by atoms with Gasteiger partial charge in [0.25, 0.3) is 5.91 Å². The summed E-state index contributed by atoms with van der Waals surface area (Å²) in [4.78, 5) is 14.7. The fourth-order valence-electron chi connectivity index (χ4n) is 2.50. The van der Waals surface area contributed by atoms with Crippen molar-refractivity contribution in [1.82, 2.24) is 10.2 Å². The molecule has 106 valence electrons. The molecule has 0 aromatic rings. The van der Waals surface area contributed by atoms with Crippen molar-refractivity contribution < 1.29 is 9.53 Å². The van der Waals surface area contributed by atoms with Gasteiger partial charge in [0.15, 0.2) is 0 Å². The van der Waals surface area contributed by atoms with Crippen LogP contribution in [0.25, 0.3) is 0 Å². The van der Waals surface area contributed by atoms with Crippen LogP contribution in [0.1, 0.15) is 46.5 Å². The minimum atomic E-state index is -0.667. The van der Waals surface area contributed by atoms with E-state index in [1.165, 1.54) is 0 Å². The average molecular weight is 256 g/mol. The van der Waals surface area contributed by atoms with Crippen molar-refractivity contribution in [2.24, 2.45) is 0 Å². The van der Waals surface area contributed by atoms with Gasteiger partial charge < -0.3 is 15.0 Å². The Labute approximate surface area is 111 Å². The number of methoxy groups -OCH3 is 1. The maximum atomic E-state index is 12.7. The number of hydrogen-bond donors (Lipinski definition) is 1. The van der Waals surface area contributed by atoms with Crippen LogP contribution in [0.2, 0.25) is 0 Å². The second kappa shape index (κ2) is 7.10. The summed E-state index contributed by atoms with van der Waals surface area (Å²) < 4.78 is 5.46. The maximum Gasteiger partial charge on any atom is 0.254 e. The Balaban J connectivity index is 2.79. The van der Waals surface area contributed by atoms with Crippen LogP contribution in [0.3, 0.4) is 0 Å².